The number of hydrogen-bond donors (Lipinski definition) is 0. The second kappa shape index (κ2) is 33.1. The summed E-state index contributed by atoms with van der Waals surface area (Å²) in [6.45, 7) is 15.1. The van der Waals surface area contributed by atoms with Gasteiger partial charge in [-0.2, -0.15) is 0 Å². The van der Waals surface area contributed by atoms with Crippen LogP contribution in [-0.4, -0.2) is 22.8 Å². The first-order valence-corrected chi connectivity index (χ1v) is 40.9. The molecule has 0 amide bonds. The maximum absolute atomic E-state index is 5.73. The zero-order valence-corrected chi connectivity index (χ0v) is 68.2. The van der Waals surface area contributed by atoms with E-state index < -0.39 is 0 Å². The van der Waals surface area contributed by atoms with E-state index in [0.29, 0.717) is 0 Å². The van der Waals surface area contributed by atoms with Crippen molar-refractivity contribution in [3.63, 3.8) is 0 Å². The molecule has 0 radical (unpaired) electrons. The van der Waals surface area contributed by atoms with Crippen molar-refractivity contribution >= 4 is 142 Å². The van der Waals surface area contributed by atoms with Crippen LogP contribution < -0.4 is 0 Å². The molecule has 0 aliphatic heterocycles. The summed E-state index contributed by atoms with van der Waals surface area (Å²) in [7, 11) is 2.12. The van der Waals surface area contributed by atoms with Gasteiger partial charge >= 0.3 is 0 Å². The third-order valence-corrected chi connectivity index (χ3v) is 23.0. The van der Waals surface area contributed by atoms with E-state index in [1.165, 1.54) is 181 Å². The summed E-state index contributed by atoms with van der Waals surface area (Å²) < 4.78 is 23.0. The Labute approximate surface area is 693 Å². The third kappa shape index (κ3) is 14.7. The fraction of sp³-hybridized carbons (Fsp3) is 0.0714. The van der Waals surface area contributed by atoms with Crippen LogP contribution in [0.2, 0.25) is 0 Å². The summed E-state index contributed by atoms with van der Waals surface area (Å²) in [5, 5.41) is 16.8. The van der Waals surface area contributed by atoms with Gasteiger partial charge in [-0.05, 0) is 210 Å². The van der Waals surface area contributed by atoms with Gasteiger partial charge in [-0.15, -0.1) is 0 Å². The minimum atomic E-state index is 0.966. The van der Waals surface area contributed by atoms with Gasteiger partial charge in [-0.3, -0.25) is 0 Å². The molecule has 576 valence electrons. The van der Waals surface area contributed by atoms with E-state index in [-0.39, 0.29) is 0 Å². The largest absolute Gasteiger partial charge is 0.456 e. The SMILES string of the molecule is Cc1c(C)n(-c2ccccc2)c2ccccc12.Cc1ccc2c(c1)c1ccccc1n2-c1ccccc1.Cc1ccc2c3ccccc3n(-c3ccccc3)c2c1.Cc1ccc2oc3ccccc3c2c1.Cc1cccc2c1c1ccccc1n2-c1ccccc1.Cc1cccc2oc3ccccc3c12.Cn1c2ccccc2c2ccccc21. The molecular formula is C112H91N5O2. The predicted molar refractivity (Wildman–Crippen MR) is 507 cm³/mol. The van der Waals surface area contributed by atoms with Gasteiger partial charge in [-0.1, -0.05) is 278 Å². The maximum atomic E-state index is 5.73. The molecule has 24 aromatic rings. The van der Waals surface area contributed by atoms with Gasteiger partial charge in [0.05, 0.1) is 38.6 Å². The highest BCUT2D eigenvalue weighted by Gasteiger charge is 2.18. The summed E-state index contributed by atoms with van der Waals surface area (Å²) in [6, 6.07) is 142. The van der Waals surface area contributed by atoms with E-state index in [0.717, 1.165) is 22.3 Å². The molecule has 7 nitrogen and oxygen atoms in total. The Balaban J connectivity index is 0.0000000959. The lowest BCUT2D eigenvalue weighted by Crippen LogP contribution is -1.95. The Hall–Kier alpha value is -14.9. The highest BCUT2D eigenvalue weighted by molar-refractivity contribution is 6.13. The summed E-state index contributed by atoms with van der Waals surface area (Å²) in [5.74, 6) is 0. The van der Waals surface area contributed by atoms with Gasteiger partial charge in [0, 0.05) is 117 Å². The molecule has 0 N–H and O–H groups in total. The average molecular weight is 1540 g/mol. The number of aryl methyl sites for hydroxylation is 7. The lowest BCUT2D eigenvalue weighted by Gasteiger charge is -2.08. The second-order valence-corrected chi connectivity index (χ2v) is 30.7. The highest BCUT2D eigenvalue weighted by atomic mass is 16.3. The molecule has 0 saturated carbocycles. The van der Waals surface area contributed by atoms with Crippen molar-refractivity contribution in [2.24, 2.45) is 7.05 Å². The molecule has 0 unspecified atom stereocenters. The van der Waals surface area contributed by atoms with E-state index in [4.69, 9.17) is 8.83 Å². The van der Waals surface area contributed by atoms with Crippen LogP contribution in [0.25, 0.3) is 165 Å². The van der Waals surface area contributed by atoms with Gasteiger partial charge in [0.1, 0.15) is 22.3 Å². The Morgan fingerprint density at radius 3 is 1.06 bits per heavy atom. The molecule has 0 aliphatic rings. The highest BCUT2D eigenvalue weighted by Crippen LogP contribution is 2.39. The van der Waals surface area contributed by atoms with Crippen molar-refractivity contribution in [1.29, 1.82) is 0 Å². The van der Waals surface area contributed by atoms with E-state index >= 15 is 0 Å². The van der Waals surface area contributed by atoms with Gasteiger partial charge in [0.2, 0.25) is 0 Å². The first-order chi connectivity index (χ1) is 58.4. The topological polar surface area (TPSA) is 50.9 Å². The van der Waals surface area contributed by atoms with E-state index in [2.05, 4.69) is 430 Å². The standard InChI is InChI=1S/3C19H15N.C16H15N.C13H11N.2C13H10O/c1-14-8-7-13-18-19(14)16-11-5-6-12-17(16)20(18)15-9-3-2-4-10-15;1-14-11-12-19-17(13-14)16-9-5-6-10-18(16)20(19)15-7-3-2-4-8-15;1-14-11-12-17-16-9-5-6-10-18(16)20(19(17)13-14)15-7-3-2-4-8-15;1-12-13(2)17(14-8-4-3-5-9-14)16-11-7-6-10-15(12)16;1-14-12-8-4-2-6-10(12)11-7-3-5-9-13(11)14;1-9-5-4-8-12-13(9)10-6-2-3-7-11(10)14-12;1-9-6-7-13-11(8-9)10-4-2-3-5-12(10)14-13/h3*2-13H,1H3;3-11H,1-2H3;2-9H,1H3;2*2-8H,1H3. The first-order valence-electron chi connectivity index (χ1n) is 40.9. The van der Waals surface area contributed by atoms with Gasteiger partial charge in [0.15, 0.2) is 0 Å². The number of fused-ring (bicyclic) bond motifs is 19. The number of furan rings is 2. The minimum absolute atomic E-state index is 0.966. The van der Waals surface area contributed by atoms with Crippen LogP contribution in [0.1, 0.15) is 39.1 Å². The number of nitrogens with zero attached hydrogens (tertiary/aromatic N) is 5. The fourth-order valence-electron chi connectivity index (χ4n) is 17.3. The summed E-state index contributed by atoms with van der Waals surface area (Å²) in [5.41, 5.74) is 29.4. The van der Waals surface area contributed by atoms with Crippen LogP contribution in [0, 0.1) is 48.5 Å². The maximum Gasteiger partial charge on any atom is 0.135 e. The van der Waals surface area contributed by atoms with Gasteiger partial charge < -0.3 is 31.7 Å². The molecule has 0 spiro atoms. The molecule has 119 heavy (non-hydrogen) atoms. The van der Waals surface area contributed by atoms with Crippen molar-refractivity contribution in [3.05, 3.63) is 446 Å². The number of rotatable bonds is 4. The summed E-state index contributed by atoms with van der Waals surface area (Å²) in [4.78, 5) is 0. The predicted octanol–water partition coefficient (Wildman–Crippen LogP) is 30.6. The van der Waals surface area contributed by atoms with Crippen molar-refractivity contribution in [2.45, 2.75) is 48.5 Å². The zero-order chi connectivity index (χ0) is 81.0. The minimum Gasteiger partial charge on any atom is -0.456 e. The fourth-order valence-corrected chi connectivity index (χ4v) is 17.3. The Bertz CT molecular complexity index is 7650. The molecule has 24 rings (SSSR count). The first kappa shape index (κ1) is 75.4. The number of hydrogen-bond acceptors (Lipinski definition) is 2. The zero-order valence-electron chi connectivity index (χ0n) is 68.2. The Kier molecular flexibility index (Phi) is 21.0. The molecule has 17 aromatic carbocycles. The number of aromatic nitrogens is 5. The van der Waals surface area contributed by atoms with E-state index in [9.17, 15) is 0 Å². The Morgan fingerprint density at radius 2 is 0.504 bits per heavy atom. The molecule has 0 aliphatic carbocycles. The molecule has 7 heterocycles. The van der Waals surface area contributed by atoms with Crippen LogP contribution in [0.5, 0.6) is 0 Å². The van der Waals surface area contributed by atoms with Crippen LogP contribution in [-0.2, 0) is 7.05 Å². The third-order valence-electron chi connectivity index (χ3n) is 23.0. The molecule has 0 fully saturated rings. The Morgan fingerprint density at radius 1 is 0.185 bits per heavy atom. The lowest BCUT2D eigenvalue weighted by atomic mass is 10.1. The quantitative estimate of drug-likeness (QED) is 0.176. The van der Waals surface area contributed by atoms with Crippen molar-refractivity contribution < 1.29 is 8.83 Å². The molecule has 0 bridgehead atoms. The molecule has 0 saturated heterocycles. The lowest BCUT2D eigenvalue weighted by molar-refractivity contribution is 0.668. The monoisotopic (exact) mass is 1540 g/mol. The molecular weight excluding hydrogens is 1450 g/mol. The van der Waals surface area contributed by atoms with E-state index in [1.807, 2.05) is 54.6 Å². The molecule has 0 atom stereocenters. The van der Waals surface area contributed by atoms with E-state index in [1.54, 1.807) is 0 Å². The van der Waals surface area contributed by atoms with Crippen LogP contribution >= 0.6 is 0 Å². The molecule has 7 heteroatoms. The smallest absolute Gasteiger partial charge is 0.135 e. The second-order valence-electron chi connectivity index (χ2n) is 30.7. The normalized spacial score (nSPS) is 11.2. The molecule has 7 aromatic heterocycles. The summed E-state index contributed by atoms with van der Waals surface area (Å²) in [6.07, 6.45) is 0. The van der Waals surface area contributed by atoms with Crippen molar-refractivity contribution in [1.82, 2.24) is 22.8 Å². The van der Waals surface area contributed by atoms with Gasteiger partial charge in [-0.25, -0.2) is 0 Å². The van der Waals surface area contributed by atoms with Crippen LogP contribution in [0.3, 0.4) is 0 Å². The van der Waals surface area contributed by atoms with Crippen molar-refractivity contribution in [2.75, 3.05) is 0 Å². The number of benzene rings is 17. The summed E-state index contributed by atoms with van der Waals surface area (Å²) >= 11 is 0. The van der Waals surface area contributed by atoms with Gasteiger partial charge in [0.25, 0.3) is 0 Å². The number of para-hydroxylation sites is 12. The van der Waals surface area contributed by atoms with Crippen molar-refractivity contribution in [3.8, 4) is 22.7 Å². The average Bonchev–Trinajstić information content (AvgIpc) is 1.55. The van der Waals surface area contributed by atoms with Crippen LogP contribution in [0.15, 0.2) is 415 Å². The van der Waals surface area contributed by atoms with Crippen LogP contribution in [0.4, 0.5) is 0 Å².